The lowest BCUT2D eigenvalue weighted by Gasteiger charge is -1.96. The Morgan fingerprint density at radius 1 is 1.56 bits per heavy atom. The van der Waals surface area contributed by atoms with Crippen molar-refractivity contribution in [2.75, 3.05) is 0 Å². The van der Waals surface area contributed by atoms with Crippen LogP contribution in [0.5, 0.6) is 0 Å². The molecule has 0 spiro atoms. The lowest BCUT2D eigenvalue weighted by molar-refractivity contribution is 0.0565. The highest BCUT2D eigenvalue weighted by atomic mass is 79.9. The molecular formula is C9H8BrF2N3S. The van der Waals surface area contributed by atoms with Crippen LogP contribution in [0.25, 0.3) is 0 Å². The van der Waals surface area contributed by atoms with Crippen molar-refractivity contribution in [3.8, 4) is 0 Å². The highest BCUT2D eigenvalue weighted by molar-refractivity contribution is 9.10. The Morgan fingerprint density at radius 3 is 2.81 bits per heavy atom. The normalized spacial score (nSPS) is 11.3. The van der Waals surface area contributed by atoms with E-state index in [1.165, 1.54) is 12.4 Å². The molecule has 0 radical (unpaired) electrons. The molecule has 2 heterocycles. The van der Waals surface area contributed by atoms with Crippen molar-refractivity contribution in [1.29, 1.82) is 0 Å². The summed E-state index contributed by atoms with van der Waals surface area (Å²) in [6, 6.07) is 0. The van der Waals surface area contributed by atoms with Crippen molar-refractivity contribution in [2.24, 2.45) is 0 Å². The fourth-order valence-electron chi connectivity index (χ4n) is 1.31. The standard InChI is InChI=1S/C9H8BrF2N3S/c1-5-14-8(10)7(16-5)2-6-3-13-15(4-6)9(11)12/h3-4,9H,2H2,1H3. The molecule has 0 bridgehead atoms. The van der Waals surface area contributed by atoms with Crippen LogP contribution in [-0.4, -0.2) is 14.8 Å². The largest absolute Gasteiger partial charge is 0.333 e. The van der Waals surface area contributed by atoms with E-state index in [1.807, 2.05) is 6.92 Å². The Labute approximate surface area is 103 Å². The van der Waals surface area contributed by atoms with Gasteiger partial charge in [0.05, 0.1) is 11.2 Å². The SMILES string of the molecule is Cc1nc(Br)c(Cc2cnn(C(F)F)c2)s1. The van der Waals surface area contributed by atoms with Gasteiger partial charge in [0.2, 0.25) is 0 Å². The van der Waals surface area contributed by atoms with Crippen molar-refractivity contribution in [3.63, 3.8) is 0 Å². The third-order valence-electron chi connectivity index (χ3n) is 1.98. The Bertz CT molecular complexity index is 495. The van der Waals surface area contributed by atoms with Gasteiger partial charge in [0.15, 0.2) is 0 Å². The average molecular weight is 308 g/mol. The average Bonchev–Trinajstić information content (AvgIpc) is 2.75. The maximum absolute atomic E-state index is 12.3. The molecule has 0 fully saturated rings. The van der Waals surface area contributed by atoms with Gasteiger partial charge in [-0.1, -0.05) is 0 Å². The third-order valence-corrected chi connectivity index (χ3v) is 3.87. The van der Waals surface area contributed by atoms with Crippen molar-refractivity contribution in [1.82, 2.24) is 14.8 Å². The lowest BCUT2D eigenvalue weighted by Crippen LogP contribution is -1.97. The van der Waals surface area contributed by atoms with E-state index in [0.717, 1.165) is 20.1 Å². The van der Waals surface area contributed by atoms with Crippen LogP contribution < -0.4 is 0 Å². The molecule has 0 saturated heterocycles. The molecule has 0 aliphatic carbocycles. The van der Waals surface area contributed by atoms with Crippen LogP contribution >= 0.6 is 27.3 Å². The number of aryl methyl sites for hydroxylation is 1. The van der Waals surface area contributed by atoms with Gasteiger partial charge in [-0.25, -0.2) is 9.67 Å². The van der Waals surface area contributed by atoms with Gasteiger partial charge in [-0.05, 0) is 28.4 Å². The summed E-state index contributed by atoms with van der Waals surface area (Å²) in [6.45, 7) is -0.679. The first-order chi connectivity index (χ1) is 7.56. The zero-order valence-corrected chi connectivity index (χ0v) is 10.7. The van der Waals surface area contributed by atoms with Gasteiger partial charge in [0.1, 0.15) is 4.60 Å². The van der Waals surface area contributed by atoms with E-state index >= 15 is 0 Å². The maximum Gasteiger partial charge on any atom is 0.333 e. The Kier molecular flexibility index (Phi) is 3.34. The third kappa shape index (κ3) is 2.46. The van der Waals surface area contributed by atoms with Gasteiger partial charge in [-0.3, -0.25) is 0 Å². The van der Waals surface area contributed by atoms with Gasteiger partial charge < -0.3 is 0 Å². The molecule has 0 saturated carbocycles. The van der Waals surface area contributed by atoms with E-state index in [-0.39, 0.29) is 0 Å². The first kappa shape index (κ1) is 11.7. The van der Waals surface area contributed by atoms with Gasteiger partial charge in [-0.2, -0.15) is 13.9 Å². The molecule has 2 aromatic rings. The molecule has 3 nitrogen and oxygen atoms in total. The predicted octanol–water partition coefficient (Wildman–Crippen LogP) is 3.40. The molecule has 2 aromatic heterocycles. The van der Waals surface area contributed by atoms with Crippen LogP contribution in [0.2, 0.25) is 0 Å². The topological polar surface area (TPSA) is 30.7 Å². The minimum Gasteiger partial charge on any atom is -0.234 e. The van der Waals surface area contributed by atoms with E-state index in [0.29, 0.717) is 11.1 Å². The van der Waals surface area contributed by atoms with E-state index in [2.05, 4.69) is 26.0 Å². The molecule has 0 atom stereocenters. The highest BCUT2D eigenvalue weighted by Gasteiger charge is 2.11. The van der Waals surface area contributed by atoms with Crippen LogP contribution in [0.3, 0.4) is 0 Å². The summed E-state index contributed by atoms with van der Waals surface area (Å²) in [5.41, 5.74) is 0.754. The molecule has 2 rings (SSSR count). The summed E-state index contributed by atoms with van der Waals surface area (Å²) in [5.74, 6) is 0. The molecule has 0 aliphatic rings. The lowest BCUT2D eigenvalue weighted by atomic mass is 10.2. The number of hydrogen-bond donors (Lipinski definition) is 0. The zero-order chi connectivity index (χ0) is 11.7. The van der Waals surface area contributed by atoms with Crippen LogP contribution in [0.15, 0.2) is 17.0 Å². The first-order valence-electron chi connectivity index (χ1n) is 4.49. The molecule has 7 heteroatoms. The summed E-state index contributed by atoms with van der Waals surface area (Å²) in [5, 5.41) is 4.53. The number of aromatic nitrogens is 3. The molecule has 0 aromatic carbocycles. The highest BCUT2D eigenvalue weighted by Crippen LogP contribution is 2.25. The van der Waals surface area contributed by atoms with Gasteiger partial charge in [0.25, 0.3) is 0 Å². The van der Waals surface area contributed by atoms with E-state index < -0.39 is 6.55 Å². The summed E-state index contributed by atoms with van der Waals surface area (Å²) in [6.07, 6.45) is 3.37. The van der Waals surface area contributed by atoms with Crippen molar-refractivity contribution >= 4 is 27.3 Å². The zero-order valence-electron chi connectivity index (χ0n) is 8.32. The molecular weight excluding hydrogens is 300 g/mol. The molecule has 0 unspecified atom stereocenters. The molecule has 86 valence electrons. The number of alkyl halides is 2. The number of hydrogen-bond acceptors (Lipinski definition) is 3. The molecule has 0 aliphatic heterocycles. The molecule has 16 heavy (non-hydrogen) atoms. The van der Waals surface area contributed by atoms with E-state index in [9.17, 15) is 8.78 Å². The van der Waals surface area contributed by atoms with Crippen molar-refractivity contribution < 1.29 is 8.78 Å². The quantitative estimate of drug-likeness (QED) is 0.870. The number of thiazole rings is 1. The van der Waals surface area contributed by atoms with Crippen molar-refractivity contribution in [3.05, 3.63) is 32.4 Å². The minimum atomic E-state index is -2.58. The summed E-state index contributed by atoms with van der Waals surface area (Å²) in [7, 11) is 0. The van der Waals surface area contributed by atoms with Crippen LogP contribution in [-0.2, 0) is 6.42 Å². The molecule has 0 N–H and O–H groups in total. The second kappa shape index (κ2) is 4.58. The van der Waals surface area contributed by atoms with Gasteiger partial charge >= 0.3 is 6.55 Å². The summed E-state index contributed by atoms with van der Waals surface area (Å²) >= 11 is 4.88. The number of rotatable bonds is 3. The Hall–Kier alpha value is -0.820. The van der Waals surface area contributed by atoms with Crippen LogP contribution in [0, 0.1) is 6.92 Å². The van der Waals surface area contributed by atoms with Crippen molar-refractivity contribution in [2.45, 2.75) is 19.9 Å². The summed E-state index contributed by atoms with van der Waals surface area (Å²) in [4.78, 5) is 5.23. The summed E-state index contributed by atoms with van der Waals surface area (Å²) < 4.78 is 26.0. The fraction of sp³-hybridized carbons (Fsp3) is 0.333. The number of nitrogens with zero attached hydrogens (tertiary/aromatic N) is 3. The minimum absolute atomic E-state index is 0.568. The second-order valence-corrected chi connectivity index (χ2v) is 5.27. The van der Waals surface area contributed by atoms with Gasteiger partial charge in [0, 0.05) is 17.5 Å². The Balaban J connectivity index is 2.17. The smallest absolute Gasteiger partial charge is 0.234 e. The van der Waals surface area contributed by atoms with Crippen LogP contribution in [0.1, 0.15) is 22.0 Å². The fourth-order valence-corrected chi connectivity index (χ4v) is 2.94. The van der Waals surface area contributed by atoms with E-state index in [4.69, 9.17) is 0 Å². The Morgan fingerprint density at radius 2 is 2.31 bits per heavy atom. The number of halogens is 3. The van der Waals surface area contributed by atoms with E-state index in [1.54, 1.807) is 11.3 Å². The monoisotopic (exact) mass is 307 g/mol. The maximum atomic E-state index is 12.3. The first-order valence-corrected chi connectivity index (χ1v) is 6.10. The molecule has 0 amide bonds. The predicted molar refractivity (Wildman–Crippen MR) is 60.8 cm³/mol. The van der Waals surface area contributed by atoms with Gasteiger partial charge in [-0.15, -0.1) is 11.3 Å². The second-order valence-electron chi connectivity index (χ2n) is 3.23. The van der Waals surface area contributed by atoms with Crippen LogP contribution in [0.4, 0.5) is 8.78 Å².